The van der Waals surface area contributed by atoms with Crippen LogP contribution < -0.4 is 5.32 Å². The van der Waals surface area contributed by atoms with Crippen LogP contribution in [0.2, 0.25) is 13.1 Å². The largest absolute Gasteiger partial charge is 0.312 e. The Morgan fingerprint density at radius 1 is 1.35 bits per heavy atom. The third kappa shape index (κ3) is 4.76. The second kappa shape index (κ2) is 6.04. The van der Waals surface area contributed by atoms with Crippen molar-refractivity contribution in [2.75, 3.05) is 6.54 Å². The minimum absolute atomic E-state index is 0.441. The molecule has 0 atom stereocenters. The predicted molar refractivity (Wildman–Crippen MR) is 75.2 cm³/mol. The zero-order valence-electron chi connectivity index (χ0n) is 10.7. The summed E-state index contributed by atoms with van der Waals surface area (Å²) in [5.74, 6) is 4.21. The Morgan fingerprint density at radius 3 is 2.88 bits per heavy atom. The van der Waals surface area contributed by atoms with E-state index in [9.17, 15) is 0 Å². The van der Waals surface area contributed by atoms with Gasteiger partial charge in [-0.15, -0.1) is 5.54 Å². The SMILES string of the molecule is C[Si](C)C#Cc1cccc(CNCC2CC2)c1. The van der Waals surface area contributed by atoms with Crippen LogP contribution in [-0.4, -0.2) is 15.3 Å². The van der Waals surface area contributed by atoms with E-state index in [2.05, 4.69) is 54.1 Å². The van der Waals surface area contributed by atoms with E-state index < -0.39 is 8.80 Å². The highest BCUT2D eigenvalue weighted by molar-refractivity contribution is 6.64. The quantitative estimate of drug-likeness (QED) is 0.632. The third-order valence-corrected chi connectivity index (χ3v) is 3.47. The number of hydrogen-bond donors (Lipinski definition) is 1. The van der Waals surface area contributed by atoms with E-state index in [1.54, 1.807) is 0 Å². The normalized spacial score (nSPS) is 14.5. The molecule has 0 aliphatic heterocycles. The first-order valence-electron chi connectivity index (χ1n) is 6.36. The van der Waals surface area contributed by atoms with Gasteiger partial charge in [-0.25, -0.2) is 0 Å². The maximum absolute atomic E-state index is 3.51. The number of benzene rings is 1. The predicted octanol–water partition coefficient (Wildman–Crippen LogP) is 2.83. The van der Waals surface area contributed by atoms with E-state index in [4.69, 9.17) is 0 Å². The van der Waals surface area contributed by atoms with E-state index in [0.717, 1.165) is 18.0 Å². The van der Waals surface area contributed by atoms with Gasteiger partial charge in [-0.05, 0) is 43.0 Å². The van der Waals surface area contributed by atoms with Gasteiger partial charge >= 0.3 is 0 Å². The van der Waals surface area contributed by atoms with Gasteiger partial charge in [0.1, 0.15) is 8.80 Å². The van der Waals surface area contributed by atoms with E-state index in [0.29, 0.717) is 0 Å². The Kier molecular flexibility index (Phi) is 4.41. The van der Waals surface area contributed by atoms with Gasteiger partial charge in [0.05, 0.1) is 0 Å². The summed E-state index contributed by atoms with van der Waals surface area (Å²) in [4.78, 5) is 0. The summed E-state index contributed by atoms with van der Waals surface area (Å²) in [6.07, 6.45) is 2.83. The van der Waals surface area contributed by atoms with E-state index in [1.807, 2.05) is 0 Å². The Hall–Kier alpha value is -1.04. The monoisotopic (exact) mass is 242 g/mol. The molecule has 1 nitrogen and oxygen atoms in total. The zero-order chi connectivity index (χ0) is 12.1. The summed E-state index contributed by atoms with van der Waals surface area (Å²) in [6, 6.07) is 8.59. The molecule has 0 amide bonds. The first kappa shape index (κ1) is 12.4. The molecule has 0 saturated heterocycles. The second-order valence-electron chi connectivity index (χ2n) is 5.02. The zero-order valence-corrected chi connectivity index (χ0v) is 11.7. The molecular weight excluding hydrogens is 222 g/mol. The van der Waals surface area contributed by atoms with Crippen molar-refractivity contribution >= 4 is 8.80 Å². The first-order valence-corrected chi connectivity index (χ1v) is 8.86. The molecule has 17 heavy (non-hydrogen) atoms. The second-order valence-corrected chi connectivity index (χ2v) is 7.27. The minimum Gasteiger partial charge on any atom is -0.312 e. The van der Waals surface area contributed by atoms with Gasteiger partial charge in [0, 0.05) is 12.1 Å². The summed E-state index contributed by atoms with van der Waals surface area (Å²) < 4.78 is 0. The van der Waals surface area contributed by atoms with Crippen molar-refractivity contribution in [3.63, 3.8) is 0 Å². The summed E-state index contributed by atoms with van der Waals surface area (Å²) >= 11 is 0. The molecule has 0 bridgehead atoms. The fourth-order valence-corrected chi connectivity index (χ4v) is 2.09. The summed E-state index contributed by atoms with van der Waals surface area (Å²) in [5, 5.41) is 3.51. The lowest BCUT2D eigenvalue weighted by Crippen LogP contribution is -2.16. The topological polar surface area (TPSA) is 12.0 Å². The van der Waals surface area contributed by atoms with Crippen molar-refractivity contribution in [3.05, 3.63) is 35.4 Å². The molecule has 2 rings (SSSR count). The van der Waals surface area contributed by atoms with Crippen molar-refractivity contribution in [2.24, 2.45) is 5.92 Å². The van der Waals surface area contributed by atoms with Gasteiger partial charge in [-0.1, -0.05) is 31.1 Å². The van der Waals surface area contributed by atoms with Crippen molar-refractivity contribution in [1.29, 1.82) is 0 Å². The molecule has 1 fully saturated rings. The number of hydrogen-bond acceptors (Lipinski definition) is 1. The van der Waals surface area contributed by atoms with E-state index in [-0.39, 0.29) is 0 Å². The van der Waals surface area contributed by atoms with Crippen LogP contribution >= 0.6 is 0 Å². The summed E-state index contributed by atoms with van der Waals surface area (Å²) in [5.41, 5.74) is 5.81. The van der Waals surface area contributed by atoms with Gasteiger partial charge in [0.15, 0.2) is 0 Å². The van der Waals surface area contributed by atoms with Gasteiger partial charge < -0.3 is 5.32 Å². The van der Waals surface area contributed by atoms with Gasteiger partial charge in [-0.3, -0.25) is 0 Å². The molecule has 0 unspecified atom stereocenters. The van der Waals surface area contributed by atoms with Crippen molar-refractivity contribution in [2.45, 2.75) is 32.5 Å². The number of nitrogens with one attached hydrogen (secondary N) is 1. The highest BCUT2D eigenvalue weighted by Crippen LogP contribution is 2.27. The molecule has 2 heteroatoms. The van der Waals surface area contributed by atoms with Crippen molar-refractivity contribution < 1.29 is 0 Å². The lowest BCUT2D eigenvalue weighted by atomic mass is 10.1. The van der Waals surface area contributed by atoms with Crippen LogP contribution in [0.1, 0.15) is 24.0 Å². The van der Waals surface area contributed by atoms with Crippen molar-refractivity contribution in [3.8, 4) is 11.5 Å². The fraction of sp³-hybridized carbons (Fsp3) is 0.467. The first-order chi connectivity index (χ1) is 8.24. The average Bonchev–Trinajstić information content (AvgIpc) is 3.11. The van der Waals surface area contributed by atoms with Gasteiger partial charge in [-0.2, -0.15) is 0 Å². The fourth-order valence-electron chi connectivity index (χ4n) is 1.70. The Bertz CT molecular complexity index is 424. The van der Waals surface area contributed by atoms with Gasteiger partial charge in [0.25, 0.3) is 0 Å². The smallest absolute Gasteiger partial charge is 0.138 e. The van der Waals surface area contributed by atoms with E-state index in [1.165, 1.54) is 24.9 Å². The molecule has 0 spiro atoms. The Morgan fingerprint density at radius 2 is 2.18 bits per heavy atom. The van der Waals surface area contributed by atoms with E-state index >= 15 is 0 Å². The molecule has 1 N–H and O–H groups in total. The van der Waals surface area contributed by atoms with Crippen LogP contribution in [0, 0.1) is 17.4 Å². The van der Waals surface area contributed by atoms with Crippen LogP contribution in [0.4, 0.5) is 0 Å². The molecule has 89 valence electrons. The Labute approximate surface area is 106 Å². The molecule has 1 radical (unpaired) electrons. The molecule has 1 aliphatic rings. The molecular formula is C15H20NSi. The third-order valence-electron chi connectivity index (χ3n) is 2.84. The van der Waals surface area contributed by atoms with Crippen LogP contribution in [-0.2, 0) is 6.54 Å². The van der Waals surface area contributed by atoms with Crippen LogP contribution in [0.25, 0.3) is 0 Å². The van der Waals surface area contributed by atoms with Crippen LogP contribution in [0.5, 0.6) is 0 Å². The average molecular weight is 242 g/mol. The maximum Gasteiger partial charge on any atom is 0.138 e. The highest BCUT2D eigenvalue weighted by atomic mass is 28.3. The summed E-state index contributed by atoms with van der Waals surface area (Å²) in [6.45, 7) is 6.59. The molecule has 0 heterocycles. The minimum atomic E-state index is -0.441. The molecule has 1 saturated carbocycles. The standard InChI is InChI=1S/C15H20NSi/c1-17(2)9-8-13-4-3-5-15(10-13)12-16-11-14-6-7-14/h3-5,10,14,16H,6-7,11-12H2,1-2H3. The lowest BCUT2D eigenvalue weighted by molar-refractivity contribution is 0.638. The molecule has 1 aromatic rings. The molecule has 0 aromatic heterocycles. The van der Waals surface area contributed by atoms with Crippen LogP contribution in [0.15, 0.2) is 24.3 Å². The van der Waals surface area contributed by atoms with Gasteiger partial charge in [0.2, 0.25) is 0 Å². The summed E-state index contributed by atoms with van der Waals surface area (Å²) in [7, 11) is -0.441. The Balaban J connectivity index is 1.89. The molecule has 1 aromatic carbocycles. The van der Waals surface area contributed by atoms with Crippen LogP contribution in [0.3, 0.4) is 0 Å². The lowest BCUT2D eigenvalue weighted by Gasteiger charge is -2.04. The maximum atomic E-state index is 3.51. The highest BCUT2D eigenvalue weighted by Gasteiger charge is 2.19. The molecule has 1 aliphatic carbocycles. The van der Waals surface area contributed by atoms with Crippen molar-refractivity contribution in [1.82, 2.24) is 5.32 Å². The number of rotatable bonds is 4.